The molecule has 1 aliphatic heterocycles. The van der Waals surface area contributed by atoms with Crippen molar-refractivity contribution in [3.05, 3.63) is 104 Å². The average Bonchev–Trinajstić information content (AvgIpc) is 2.99. The second kappa shape index (κ2) is 7.86. The van der Waals surface area contributed by atoms with Crippen LogP contribution in [0.3, 0.4) is 0 Å². The zero-order valence-corrected chi connectivity index (χ0v) is 18.2. The summed E-state index contributed by atoms with van der Waals surface area (Å²) in [5, 5.41) is 0. The van der Waals surface area contributed by atoms with Crippen molar-refractivity contribution in [3.63, 3.8) is 0 Å². The predicted octanol–water partition coefficient (Wildman–Crippen LogP) is 6.35. The van der Waals surface area contributed by atoms with E-state index in [0.717, 1.165) is 31.3 Å². The molecule has 138 valence electrons. The van der Waals surface area contributed by atoms with E-state index in [1.807, 2.05) is 85.8 Å². The highest BCUT2D eigenvalue weighted by molar-refractivity contribution is 9.10. The average molecular weight is 496 g/mol. The molecule has 0 aromatic heterocycles. The zero-order valence-electron chi connectivity index (χ0n) is 15.1. The molecule has 5 heteroatoms. The molecule has 3 aromatic rings. The molecule has 0 atom stereocenters. The van der Waals surface area contributed by atoms with Crippen LogP contribution in [-0.4, -0.2) is 11.7 Å². The molecule has 0 radical (unpaired) electrons. The van der Waals surface area contributed by atoms with Crippen molar-refractivity contribution in [3.8, 4) is 0 Å². The molecule has 4 rings (SSSR count). The van der Waals surface area contributed by atoms with Gasteiger partial charge in [-0.2, -0.15) is 0 Å². The number of hydrogen-bond acceptors (Lipinski definition) is 2. The normalized spacial score (nSPS) is 15.2. The Balaban J connectivity index is 1.84. The third-order valence-electron chi connectivity index (χ3n) is 4.37. The number of hydrogen-bond donors (Lipinski definition) is 0. The van der Waals surface area contributed by atoms with Crippen molar-refractivity contribution < 1.29 is 4.79 Å². The van der Waals surface area contributed by atoms with Crippen molar-refractivity contribution in [2.75, 3.05) is 4.90 Å². The van der Waals surface area contributed by atoms with Gasteiger partial charge < -0.3 is 0 Å². The van der Waals surface area contributed by atoms with Crippen molar-refractivity contribution in [2.24, 2.45) is 4.99 Å². The van der Waals surface area contributed by atoms with Crippen molar-refractivity contribution >= 4 is 55.4 Å². The van der Waals surface area contributed by atoms with Crippen LogP contribution >= 0.6 is 31.9 Å². The summed E-state index contributed by atoms with van der Waals surface area (Å²) < 4.78 is 1.94. The van der Waals surface area contributed by atoms with Crippen LogP contribution in [0.25, 0.3) is 6.08 Å². The number of amides is 1. The zero-order chi connectivity index (χ0) is 19.7. The fourth-order valence-corrected chi connectivity index (χ4v) is 3.75. The van der Waals surface area contributed by atoms with Gasteiger partial charge in [0.1, 0.15) is 11.5 Å². The van der Waals surface area contributed by atoms with Gasteiger partial charge in [-0.15, -0.1) is 0 Å². The van der Waals surface area contributed by atoms with Gasteiger partial charge in [0.05, 0.1) is 5.69 Å². The summed E-state index contributed by atoms with van der Waals surface area (Å²) in [4.78, 5) is 19.7. The number of aryl methyl sites for hydroxylation is 1. The van der Waals surface area contributed by atoms with Crippen LogP contribution in [0, 0.1) is 6.92 Å². The minimum atomic E-state index is -0.136. The van der Waals surface area contributed by atoms with Crippen molar-refractivity contribution in [1.29, 1.82) is 0 Å². The van der Waals surface area contributed by atoms with E-state index in [1.54, 1.807) is 4.90 Å². The van der Waals surface area contributed by atoms with E-state index in [9.17, 15) is 4.79 Å². The molecule has 0 fully saturated rings. The van der Waals surface area contributed by atoms with E-state index in [2.05, 4.69) is 31.9 Å². The maximum atomic E-state index is 13.3. The Kier molecular flexibility index (Phi) is 5.29. The first kappa shape index (κ1) is 18.8. The predicted molar refractivity (Wildman–Crippen MR) is 121 cm³/mol. The molecule has 1 amide bonds. The van der Waals surface area contributed by atoms with Crippen molar-refractivity contribution in [1.82, 2.24) is 0 Å². The second-order valence-corrected chi connectivity index (χ2v) is 8.34. The van der Waals surface area contributed by atoms with Gasteiger partial charge in [0.15, 0.2) is 0 Å². The van der Waals surface area contributed by atoms with E-state index in [1.165, 1.54) is 0 Å². The van der Waals surface area contributed by atoms with Crippen LogP contribution in [0.15, 0.2) is 92.4 Å². The Hall–Kier alpha value is -2.50. The summed E-state index contributed by atoms with van der Waals surface area (Å²) in [6.07, 6.45) is 1.82. The van der Waals surface area contributed by atoms with E-state index >= 15 is 0 Å². The quantitative estimate of drug-likeness (QED) is 0.389. The number of halogens is 2. The number of rotatable bonds is 3. The molecule has 1 aliphatic rings. The summed E-state index contributed by atoms with van der Waals surface area (Å²) in [7, 11) is 0. The number of amidine groups is 1. The highest BCUT2D eigenvalue weighted by Gasteiger charge is 2.32. The number of carbonyl (C=O) groups is 1. The van der Waals surface area contributed by atoms with Crippen LogP contribution in [0.2, 0.25) is 0 Å². The minimum absolute atomic E-state index is 0.136. The van der Waals surface area contributed by atoms with E-state index in [0.29, 0.717) is 11.5 Å². The molecule has 3 nitrogen and oxygen atoms in total. The molecule has 0 saturated heterocycles. The third-order valence-corrected chi connectivity index (χ3v) is 5.40. The van der Waals surface area contributed by atoms with Gasteiger partial charge in [-0.1, -0.05) is 68.3 Å². The fourth-order valence-electron chi connectivity index (χ4n) is 3.07. The number of aliphatic imine (C=N–C) groups is 1. The van der Waals surface area contributed by atoms with E-state index in [4.69, 9.17) is 4.99 Å². The largest absolute Gasteiger partial charge is 0.282 e. The van der Waals surface area contributed by atoms with E-state index in [-0.39, 0.29) is 5.91 Å². The first-order valence-corrected chi connectivity index (χ1v) is 10.3. The molecule has 0 bridgehead atoms. The highest BCUT2D eigenvalue weighted by Crippen LogP contribution is 2.29. The Bertz CT molecular complexity index is 1120. The smallest absolute Gasteiger partial charge is 0.266 e. The monoisotopic (exact) mass is 494 g/mol. The minimum Gasteiger partial charge on any atom is -0.266 e. The molecule has 0 spiro atoms. The summed E-state index contributed by atoms with van der Waals surface area (Å²) in [6, 6.07) is 23.5. The maximum Gasteiger partial charge on any atom is 0.282 e. The number of anilines is 1. The number of nitrogens with zero attached hydrogens (tertiary/aromatic N) is 2. The van der Waals surface area contributed by atoms with E-state index < -0.39 is 0 Å². The van der Waals surface area contributed by atoms with Crippen LogP contribution in [0.5, 0.6) is 0 Å². The van der Waals surface area contributed by atoms with Gasteiger partial charge in [0.2, 0.25) is 0 Å². The van der Waals surface area contributed by atoms with Crippen LogP contribution < -0.4 is 4.90 Å². The molecular formula is C23H16Br2N2O. The third kappa shape index (κ3) is 3.86. The molecule has 1 heterocycles. The highest BCUT2D eigenvalue weighted by atomic mass is 79.9. The summed E-state index contributed by atoms with van der Waals surface area (Å²) >= 11 is 6.94. The second-order valence-electron chi connectivity index (χ2n) is 6.51. The van der Waals surface area contributed by atoms with Crippen LogP contribution in [0.1, 0.15) is 16.7 Å². The molecule has 0 saturated carbocycles. The van der Waals surface area contributed by atoms with Gasteiger partial charge in [-0.25, -0.2) is 4.99 Å². The van der Waals surface area contributed by atoms with Gasteiger partial charge in [0.25, 0.3) is 5.91 Å². The molecule has 0 N–H and O–H groups in total. The Labute approximate surface area is 180 Å². The summed E-state index contributed by atoms with van der Waals surface area (Å²) in [6.45, 7) is 2.01. The molecule has 0 aliphatic carbocycles. The maximum absolute atomic E-state index is 13.3. The SMILES string of the molecule is Cc1cccc(N2C(=O)/C(=C\c3cccc(Br)c3)N=C2c2ccc(Br)cc2)c1. The first-order valence-electron chi connectivity index (χ1n) is 8.74. The summed E-state index contributed by atoms with van der Waals surface area (Å²) in [5.74, 6) is 0.493. The standard InChI is InChI=1S/C23H16Br2N2O/c1-15-4-2-7-20(12-15)27-22(17-8-10-18(24)11-9-17)26-21(23(27)28)14-16-5-3-6-19(25)13-16/h2-14H,1H3/b21-14+. The molecule has 0 unspecified atom stereocenters. The lowest BCUT2D eigenvalue weighted by Gasteiger charge is -2.19. The van der Waals surface area contributed by atoms with Crippen LogP contribution in [-0.2, 0) is 4.79 Å². The lowest BCUT2D eigenvalue weighted by atomic mass is 10.1. The topological polar surface area (TPSA) is 32.7 Å². The number of carbonyl (C=O) groups excluding carboxylic acids is 1. The molecular weight excluding hydrogens is 480 g/mol. The first-order chi connectivity index (χ1) is 13.5. The lowest BCUT2D eigenvalue weighted by molar-refractivity contribution is -0.113. The lowest BCUT2D eigenvalue weighted by Crippen LogP contribution is -2.32. The number of benzene rings is 3. The van der Waals surface area contributed by atoms with Crippen molar-refractivity contribution in [2.45, 2.75) is 6.92 Å². The fraction of sp³-hybridized carbons (Fsp3) is 0.0435. The van der Waals surface area contributed by atoms with Gasteiger partial charge in [-0.05, 0) is 60.5 Å². The van der Waals surface area contributed by atoms with Gasteiger partial charge >= 0.3 is 0 Å². The Morgan fingerprint density at radius 1 is 0.893 bits per heavy atom. The van der Waals surface area contributed by atoms with Gasteiger partial charge in [-0.3, -0.25) is 9.69 Å². The molecule has 3 aromatic carbocycles. The molecule has 28 heavy (non-hydrogen) atoms. The summed E-state index contributed by atoms with van der Waals surface area (Å²) in [5.41, 5.74) is 4.12. The Morgan fingerprint density at radius 3 is 2.36 bits per heavy atom. The van der Waals surface area contributed by atoms with Crippen LogP contribution in [0.4, 0.5) is 5.69 Å². The Morgan fingerprint density at radius 2 is 1.64 bits per heavy atom. The van der Waals surface area contributed by atoms with Gasteiger partial charge in [0, 0.05) is 14.5 Å².